The Morgan fingerprint density at radius 2 is 1.75 bits per heavy atom. The second kappa shape index (κ2) is 5.05. The van der Waals surface area contributed by atoms with Crippen molar-refractivity contribution in [1.29, 1.82) is 0 Å². The summed E-state index contributed by atoms with van der Waals surface area (Å²) in [4.78, 5) is 0. The summed E-state index contributed by atoms with van der Waals surface area (Å²) < 4.78 is 7.58. The molecule has 4 heteroatoms. The first kappa shape index (κ1) is 11.7. The molecule has 0 radical (unpaired) electrons. The molecule has 2 nitrogen and oxygen atoms in total. The molecule has 0 saturated heterocycles. The Morgan fingerprint density at radius 1 is 1.06 bits per heavy atom. The van der Waals surface area contributed by atoms with E-state index in [-0.39, 0.29) is 5.75 Å². The number of aromatic hydroxyl groups is 1. The number of ether oxygens (including phenoxy) is 1. The van der Waals surface area contributed by atoms with Gasteiger partial charge < -0.3 is 9.84 Å². The molecule has 0 heterocycles. The second-order valence-electron chi connectivity index (χ2n) is 3.17. The summed E-state index contributed by atoms with van der Waals surface area (Å²) in [6.45, 7) is 0. The minimum absolute atomic E-state index is 0.142. The molecule has 0 atom stereocenters. The van der Waals surface area contributed by atoms with E-state index in [1.54, 1.807) is 12.1 Å². The molecule has 0 spiro atoms. The van der Waals surface area contributed by atoms with E-state index in [1.165, 1.54) is 0 Å². The molecule has 0 aliphatic rings. The van der Waals surface area contributed by atoms with Crippen LogP contribution in [0.2, 0.25) is 0 Å². The number of halogens is 2. The van der Waals surface area contributed by atoms with Crippen LogP contribution in [-0.2, 0) is 0 Å². The zero-order chi connectivity index (χ0) is 11.5. The molecule has 2 rings (SSSR count). The minimum Gasteiger partial charge on any atom is -0.504 e. The minimum atomic E-state index is 0.142. The molecule has 16 heavy (non-hydrogen) atoms. The van der Waals surface area contributed by atoms with Gasteiger partial charge in [0.15, 0.2) is 11.5 Å². The Kier molecular flexibility index (Phi) is 3.70. The zero-order valence-corrected chi connectivity index (χ0v) is 11.9. The molecule has 1 N–H and O–H groups in total. The fraction of sp³-hybridized carbons (Fsp3) is 0. The van der Waals surface area contributed by atoms with E-state index in [1.807, 2.05) is 30.3 Å². The number of hydrogen-bond donors (Lipinski definition) is 1. The monoisotopic (exact) mass is 390 g/mol. The van der Waals surface area contributed by atoms with Crippen molar-refractivity contribution < 1.29 is 9.84 Å². The summed E-state index contributed by atoms with van der Waals surface area (Å²) in [5.74, 6) is 1.30. The van der Waals surface area contributed by atoms with Crippen LogP contribution in [0.15, 0.2) is 46.9 Å². The van der Waals surface area contributed by atoms with Crippen LogP contribution in [0.5, 0.6) is 17.2 Å². The van der Waals surface area contributed by atoms with Gasteiger partial charge in [0.2, 0.25) is 0 Å². The van der Waals surface area contributed by atoms with Crippen LogP contribution in [0, 0.1) is 3.57 Å². The maximum Gasteiger partial charge on any atom is 0.170 e. The van der Waals surface area contributed by atoms with Crippen LogP contribution >= 0.6 is 38.5 Å². The van der Waals surface area contributed by atoms with Gasteiger partial charge in [-0.05, 0) is 65.1 Å². The van der Waals surface area contributed by atoms with E-state index in [9.17, 15) is 5.11 Å². The van der Waals surface area contributed by atoms with Crippen molar-refractivity contribution in [2.45, 2.75) is 0 Å². The second-order valence-corrected chi connectivity index (χ2v) is 5.33. The number of phenols is 1. The predicted molar refractivity (Wildman–Crippen MR) is 75.0 cm³/mol. The first-order valence-corrected chi connectivity index (χ1v) is 6.44. The molecule has 0 aromatic heterocycles. The first-order chi connectivity index (χ1) is 7.65. The lowest BCUT2D eigenvalue weighted by Crippen LogP contribution is -1.85. The number of benzene rings is 2. The Balaban J connectivity index is 2.26. The van der Waals surface area contributed by atoms with Crippen molar-refractivity contribution in [2.75, 3.05) is 0 Å². The summed E-state index contributed by atoms with van der Waals surface area (Å²) in [6.07, 6.45) is 0. The smallest absolute Gasteiger partial charge is 0.170 e. The lowest BCUT2D eigenvalue weighted by Gasteiger charge is -2.07. The molecule has 0 fully saturated rings. The molecular formula is C12H8BrIO2. The predicted octanol–water partition coefficient (Wildman–Crippen LogP) is 4.55. The lowest BCUT2D eigenvalue weighted by atomic mass is 10.3. The van der Waals surface area contributed by atoms with Crippen LogP contribution in [-0.4, -0.2) is 5.11 Å². The number of hydrogen-bond acceptors (Lipinski definition) is 2. The van der Waals surface area contributed by atoms with Gasteiger partial charge in [0, 0.05) is 8.04 Å². The van der Waals surface area contributed by atoms with E-state index in [0.29, 0.717) is 11.5 Å². The molecule has 0 aliphatic heterocycles. The van der Waals surface area contributed by atoms with Gasteiger partial charge in [-0.1, -0.05) is 15.9 Å². The van der Waals surface area contributed by atoms with Crippen molar-refractivity contribution >= 4 is 38.5 Å². The quantitative estimate of drug-likeness (QED) is 0.762. The van der Waals surface area contributed by atoms with Gasteiger partial charge in [0.25, 0.3) is 0 Å². The van der Waals surface area contributed by atoms with Gasteiger partial charge in [-0.15, -0.1) is 0 Å². The van der Waals surface area contributed by atoms with Crippen LogP contribution in [0.1, 0.15) is 0 Å². The van der Waals surface area contributed by atoms with Crippen molar-refractivity contribution in [2.24, 2.45) is 0 Å². The van der Waals surface area contributed by atoms with Gasteiger partial charge in [0.1, 0.15) is 5.75 Å². The zero-order valence-electron chi connectivity index (χ0n) is 8.15. The van der Waals surface area contributed by atoms with Gasteiger partial charge in [-0.2, -0.15) is 0 Å². The molecule has 2 aromatic carbocycles. The first-order valence-electron chi connectivity index (χ1n) is 4.57. The average Bonchev–Trinajstić information content (AvgIpc) is 2.27. The Labute approximate surface area is 116 Å². The van der Waals surface area contributed by atoms with E-state index >= 15 is 0 Å². The Bertz CT molecular complexity index is 497. The highest BCUT2D eigenvalue weighted by atomic mass is 127. The highest BCUT2D eigenvalue weighted by Crippen LogP contribution is 2.32. The molecule has 0 saturated carbocycles. The average molecular weight is 391 g/mol. The normalized spacial score (nSPS) is 10.1. The summed E-state index contributed by atoms with van der Waals surface area (Å²) >= 11 is 5.52. The van der Waals surface area contributed by atoms with Gasteiger partial charge >= 0.3 is 0 Å². The lowest BCUT2D eigenvalue weighted by molar-refractivity contribution is 0.411. The maximum atomic E-state index is 9.61. The van der Waals surface area contributed by atoms with E-state index in [0.717, 1.165) is 8.04 Å². The van der Waals surface area contributed by atoms with Crippen LogP contribution < -0.4 is 4.74 Å². The summed E-state index contributed by atoms with van der Waals surface area (Å²) in [5.41, 5.74) is 0. The van der Waals surface area contributed by atoms with Crippen LogP contribution in [0.4, 0.5) is 0 Å². The third kappa shape index (κ3) is 2.89. The maximum absolute atomic E-state index is 9.61. The van der Waals surface area contributed by atoms with Crippen molar-refractivity contribution in [3.63, 3.8) is 0 Å². The highest BCUT2D eigenvalue weighted by Gasteiger charge is 2.04. The molecule has 0 unspecified atom stereocenters. The summed E-state index contributed by atoms with van der Waals surface area (Å²) in [7, 11) is 0. The standard InChI is InChI=1S/C12H8BrIO2/c13-8-1-4-10(5-2-8)16-12-7-9(14)3-6-11(12)15/h1-7,15H. The fourth-order valence-electron chi connectivity index (χ4n) is 1.20. The Morgan fingerprint density at radius 3 is 2.44 bits per heavy atom. The van der Waals surface area contributed by atoms with Gasteiger partial charge in [-0.3, -0.25) is 0 Å². The number of rotatable bonds is 2. The van der Waals surface area contributed by atoms with Crippen molar-refractivity contribution in [3.05, 3.63) is 50.5 Å². The molecule has 0 bridgehead atoms. The number of phenolic OH excluding ortho intramolecular Hbond substituents is 1. The van der Waals surface area contributed by atoms with E-state index in [2.05, 4.69) is 38.5 Å². The van der Waals surface area contributed by atoms with Crippen LogP contribution in [0.25, 0.3) is 0 Å². The van der Waals surface area contributed by atoms with Crippen molar-refractivity contribution in [1.82, 2.24) is 0 Å². The highest BCUT2D eigenvalue weighted by molar-refractivity contribution is 14.1. The van der Waals surface area contributed by atoms with E-state index < -0.39 is 0 Å². The largest absolute Gasteiger partial charge is 0.504 e. The molecule has 0 aliphatic carbocycles. The third-order valence-corrected chi connectivity index (χ3v) is 3.16. The molecule has 82 valence electrons. The van der Waals surface area contributed by atoms with Crippen molar-refractivity contribution in [3.8, 4) is 17.2 Å². The summed E-state index contributed by atoms with van der Waals surface area (Å²) in [6, 6.07) is 12.7. The third-order valence-electron chi connectivity index (χ3n) is 1.96. The summed E-state index contributed by atoms with van der Waals surface area (Å²) in [5, 5.41) is 9.61. The van der Waals surface area contributed by atoms with E-state index in [4.69, 9.17) is 4.74 Å². The van der Waals surface area contributed by atoms with Gasteiger partial charge in [0.05, 0.1) is 0 Å². The fourth-order valence-corrected chi connectivity index (χ4v) is 1.93. The topological polar surface area (TPSA) is 29.5 Å². The molecular weight excluding hydrogens is 383 g/mol. The Hall–Kier alpha value is -0.750. The van der Waals surface area contributed by atoms with Gasteiger partial charge in [-0.25, -0.2) is 0 Å². The molecule has 0 amide bonds. The molecule has 2 aromatic rings. The van der Waals surface area contributed by atoms with Crippen LogP contribution in [0.3, 0.4) is 0 Å². The SMILES string of the molecule is Oc1ccc(I)cc1Oc1ccc(Br)cc1.